The lowest BCUT2D eigenvalue weighted by molar-refractivity contribution is -0.142. The molecule has 12 heteroatoms. The molecule has 2 saturated carbocycles. The topological polar surface area (TPSA) is 107 Å². The molecule has 0 radical (unpaired) electrons. The maximum absolute atomic E-state index is 13.6. The van der Waals surface area contributed by atoms with Gasteiger partial charge in [-0.05, 0) is 50.3 Å². The van der Waals surface area contributed by atoms with Crippen molar-refractivity contribution < 1.29 is 31.2 Å². The van der Waals surface area contributed by atoms with Gasteiger partial charge in [0.2, 0.25) is 11.8 Å². The van der Waals surface area contributed by atoms with Gasteiger partial charge in [0, 0.05) is 16.4 Å². The van der Waals surface area contributed by atoms with E-state index in [1.54, 1.807) is 6.92 Å². The van der Waals surface area contributed by atoms with Crippen LogP contribution in [-0.2, 0) is 25.6 Å². The van der Waals surface area contributed by atoms with Gasteiger partial charge in [0.1, 0.15) is 11.6 Å². The molecule has 1 heterocycles. The fraction of sp³-hybridized carbons (Fsp3) is 0.571. The number of likely N-dealkylation sites (tertiary alicyclic amines) is 1. The molecule has 0 aromatic heterocycles. The normalized spacial score (nSPS) is 25.3. The van der Waals surface area contributed by atoms with Crippen LogP contribution in [0.25, 0.3) is 0 Å². The second kappa shape index (κ2) is 7.70. The lowest BCUT2D eigenvalue weighted by atomic mass is 10.1. The number of nitriles is 1. The number of rotatable bonds is 5. The summed E-state index contributed by atoms with van der Waals surface area (Å²) in [5.74, 6) is -1.05. The largest absolute Gasteiger partial charge is 0.417 e. The lowest BCUT2D eigenvalue weighted by Crippen LogP contribution is -2.50. The number of hydrogen-bond donors (Lipinski definition) is 1. The van der Waals surface area contributed by atoms with Crippen LogP contribution < -0.4 is 5.32 Å². The Kier molecular flexibility index (Phi) is 5.60. The zero-order valence-corrected chi connectivity index (χ0v) is 20.0. The van der Waals surface area contributed by atoms with Gasteiger partial charge < -0.3 is 10.2 Å². The molecule has 2 aliphatic carbocycles. The average molecular weight is 548 g/mol. The SMILES string of the molecule is CC1(C(=O)N2C[C@H](S(=O)(=O)c3ccc(Br)cc3C(F)(F)F)C[C@H]2C(=O)NC2(C#N)CC2)CC1. The van der Waals surface area contributed by atoms with Gasteiger partial charge in [0.05, 0.1) is 21.8 Å². The van der Waals surface area contributed by atoms with Crippen molar-refractivity contribution in [1.82, 2.24) is 10.2 Å². The van der Waals surface area contributed by atoms with E-state index in [1.165, 1.54) is 11.0 Å². The summed E-state index contributed by atoms with van der Waals surface area (Å²) in [7, 11) is -4.54. The Hall–Kier alpha value is -2.13. The van der Waals surface area contributed by atoms with E-state index in [2.05, 4.69) is 21.2 Å². The number of benzene rings is 1. The predicted molar refractivity (Wildman–Crippen MR) is 113 cm³/mol. The van der Waals surface area contributed by atoms with Crippen molar-refractivity contribution >= 4 is 37.6 Å². The Morgan fingerprint density at radius 1 is 1.24 bits per heavy atom. The molecule has 1 N–H and O–H groups in total. The monoisotopic (exact) mass is 547 g/mol. The summed E-state index contributed by atoms with van der Waals surface area (Å²) >= 11 is 2.94. The smallest absolute Gasteiger partial charge is 0.336 e. The second-order valence-corrected chi connectivity index (χ2v) is 12.4. The molecule has 33 heavy (non-hydrogen) atoms. The summed E-state index contributed by atoms with van der Waals surface area (Å²) in [6, 6.07) is 3.63. The fourth-order valence-corrected chi connectivity index (χ4v) is 6.36. The van der Waals surface area contributed by atoms with E-state index >= 15 is 0 Å². The summed E-state index contributed by atoms with van der Waals surface area (Å²) in [6.07, 6.45) is -3.19. The van der Waals surface area contributed by atoms with E-state index in [0.29, 0.717) is 31.7 Å². The molecule has 2 atom stereocenters. The highest BCUT2D eigenvalue weighted by Gasteiger charge is 2.55. The summed E-state index contributed by atoms with van der Waals surface area (Å²) in [5.41, 5.74) is -3.04. The van der Waals surface area contributed by atoms with Gasteiger partial charge in [-0.3, -0.25) is 9.59 Å². The van der Waals surface area contributed by atoms with E-state index in [0.717, 1.165) is 6.07 Å². The third-order valence-electron chi connectivity index (χ3n) is 6.66. The Labute approximate surface area is 197 Å². The highest BCUT2D eigenvalue weighted by Crippen LogP contribution is 2.48. The molecule has 1 aromatic rings. The first-order chi connectivity index (χ1) is 15.2. The van der Waals surface area contributed by atoms with Crippen LogP contribution >= 0.6 is 15.9 Å². The van der Waals surface area contributed by atoms with E-state index in [-0.39, 0.29) is 17.4 Å². The summed E-state index contributed by atoms with van der Waals surface area (Å²) < 4.78 is 67.6. The molecule has 3 fully saturated rings. The number of amides is 2. The van der Waals surface area contributed by atoms with E-state index in [9.17, 15) is 36.4 Å². The number of halogens is 4. The predicted octanol–water partition coefficient (Wildman–Crippen LogP) is 3.18. The molecule has 3 aliphatic rings. The number of nitrogens with zero attached hydrogens (tertiary/aromatic N) is 2. The third-order valence-corrected chi connectivity index (χ3v) is 9.34. The number of hydrogen-bond acceptors (Lipinski definition) is 5. The molecule has 178 valence electrons. The average Bonchev–Trinajstić information content (AvgIpc) is 3.63. The molecule has 1 saturated heterocycles. The summed E-state index contributed by atoms with van der Waals surface area (Å²) in [5, 5.41) is 10.5. The number of nitrogens with one attached hydrogen (secondary N) is 1. The minimum Gasteiger partial charge on any atom is -0.336 e. The van der Waals surface area contributed by atoms with Gasteiger partial charge in [-0.15, -0.1) is 0 Å². The second-order valence-electron chi connectivity index (χ2n) is 9.26. The van der Waals surface area contributed by atoms with E-state index < -0.39 is 60.5 Å². The van der Waals surface area contributed by atoms with Crippen LogP contribution in [0.3, 0.4) is 0 Å². The van der Waals surface area contributed by atoms with Crippen molar-refractivity contribution in [3.05, 3.63) is 28.2 Å². The summed E-state index contributed by atoms with van der Waals surface area (Å²) in [6.45, 7) is 1.32. The van der Waals surface area contributed by atoms with Crippen LogP contribution in [0.5, 0.6) is 0 Å². The van der Waals surface area contributed by atoms with Gasteiger partial charge in [-0.1, -0.05) is 22.9 Å². The van der Waals surface area contributed by atoms with Crippen LogP contribution in [0.2, 0.25) is 0 Å². The van der Waals surface area contributed by atoms with Gasteiger partial charge in [0.25, 0.3) is 0 Å². The van der Waals surface area contributed by atoms with Crippen molar-refractivity contribution in [1.29, 1.82) is 5.26 Å². The molecule has 1 aliphatic heterocycles. The van der Waals surface area contributed by atoms with Gasteiger partial charge in [-0.25, -0.2) is 8.42 Å². The van der Waals surface area contributed by atoms with Crippen molar-refractivity contribution in [3.63, 3.8) is 0 Å². The first kappa shape index (κ1) is 24.0. The zero-order valence-electron chi connectivity index (χ0n) is 17.6. The first-order valence-electron chi connectivity index (χ1n) is 10.4. The van der Waals surface area contributed by atoms with Crippen LogP contribution in [-0.4, -0.2) is 48.5 Å². The van der Waals surface area contributed by atoms with Gasteiger partial charge in [-0.2, -0.15) is 18.4 Å². The molecule has 4 rings (SSSR count). The van der Waals surface area contributed by atoms with Gasteiger partial charge in [0.15, 0.2) is 9.84 Å². The van der Waals surface area contributed by atoms with E-state index in [4.69, 9.17) is 0 Å². The Balaban J connectivity index is 1.68. The van der Waals surface area contributed by atoms with Crippen molar-refractivity contribution in [3.8, 4) is 6.07 Å². The highest BCUT2D eigenvalue weighted by atomic mass is 79.9. The van der Waals surface area contributed by atoms with Crippen LogP contribution in [0.15, 0.2) is 27.6 Å². The Morgan fingerprint density at radius 3 is 2.39 bits per heavy atom. The maximum atomic E-state index is 13.6. The molecular weight excluding hydrogens is 527 g/mol. The van der Waals surface area contributed by atoms with Crippen LogP contribution in [0.1, 0.15) is 44.6 Å². The van der Waals surface area contributed by atoms with E-state index in [1.807, 2.05) is 6.07 Å². The number of sulfone groups is 1. The number of carbonyl (C=O) groups is 2. The number of alkyl halides is 3. The standard InChI is InChI=1S/C21H21BrF3N3O4S/c1-19(4-5-19)18(30)28-10-13(9-15(28)17(29)27-20(11-26)6-7-20)33(31,32)16-3-2-12(22)8-14(16)21(23,24)25/h2-3,8,13,15H,4-7,9-10H2,1H3,(H,27,29)/t13-,15+/m1/s1. The quantitative estimate of drug-likeness (QED) is 0.609. The minimum atomic E-state index is -4.91. The molecule has 0 unspecified atom stereocenters. The highest BCUT2D eigenvalue weighted by molar-refractivity contribution is 9.10. The Morgan fingerprint density at radius 2 is 1.88 bits per heavy atom. The third kappa shape index (κ3) is 4.37. The van der Waals surface area contributed by atoms with Crippen molar-refractivity contribution in [2.24, 2.45) is 5.41 Å². The van der Waals surface area contributed by atoms with Crippen LogP contribution in [0.4, 0.5) is 13.2 Å². The molecule has 1 aromatic carbocycles. The van der Waals surface area contributed by atoms with Crippen LogP contribution in [0, 0.1) is 16.7 Å². The number of carbonyl (C=O) groups excluding carboxylic acids is 2. The molecular formula is C21H21BrF3N3O4S. The van der Waals surface area contributed by atoms with Crippen molar-refractivity contribution in [2.75, 3.05) is 6.54 Å². The van der Waals surface area contributed by atoms with Gasteiger partial charge >= 0.3 is 6.18 Å². The molecule has 2 amide bonds. The Bertz CT molecular complexity index is 1170. The minimum absolute atomic E-state index is 0.0714. The zero-order chi connectivity index (χ0) is 24.4. The fourth-order valence-electron chi connectivity index (χ4n) is 4.10. The van der Waals surface area contributed by atoms with Crippen molar-refractivity contribution in [2.45, 2.75) is 66.9 Å². The molecule has 7 nitrogen and oxygen atoms in total. The maximum Gasteiger partial charge on any atom is 0.417 e. The lowest BCUT2D eigenvalue weighted by Gasteiger charge is -2.27. The summed E-state index contributed by atoms with van der Waals surface area (Å²) in [4.78, 5) is 26.3. The first-order valence-corrected chi connectivity index (χ1v) is 12.7. The molecule has 0 bridgehead atoms. The molecule has 0 spiro atoms.